The number of pyridine rings is 1. The summed E-state index contributed by atoms with van der Waals surface area (Å²) in [6.07, 6.45) is 0. The van der Waals surface area contributed by atoms with Crippen molar-refractivity contribution in [1.82, 2.24) is 4.98 Å². The molecule has 0 fully saturated rings. The molecule has 1 aromatic heterocycles. The first-order valence-corrected chi connectivity index (χ1v) is 7.36. The molecule has 3 nitrogen and oxygen atoms in total. The molecule has 1 aromatic carbocycles. The molecule has 0 bridgehead atoms. The first-order chi connectivity index (χ1) is 8.43. The molecule has 0 unspecified atom stereocenters. The summed E-state index contributed by atoms with van der Waals surface area (Å²) in [5.74, 6) is 0. The molecule has 0 saturated carbocycles. The molecule has 0 aliphatic rings. The largest absolute Gasteiger partial charge is 0.223 e. The van der Waals surface area contributed by atoms with E-state index in [4.69, 9.17) is 34.8 Å². The van der Waals surface area contributed by atoms with E-state index in [2.05, 4.69) is 4.98 Å². The summed E-state index contributed by atoms with van der Waals surface area (Å²) in [6.45, 7) is 0. The molecule has 0 N–H and O–H groups in total. The molecule has 1 heterocycles. The molecule has 0 atom stereocenters. The normalized spacial score (nSPS) is 11.5. The molecular formula is C11H6Cl3NO2S. The number of sulfone groups is 1. The Kier molecular flexibility index (Phi) is 3.82. The van der Waals surface area contributed by atoms with Gasteiger partial charge < -0.3 is 0 Å². The molecule has 2 aromatic rings. The summed E-state index contributed by atoms with van der Waals surface area (Å²) in [5.41, 5.74) is 0. The molecule has 0 amide bonds. The van der Waals surface area contributed by atoms with Gasteiger partial charge in [0.05, 0.1) is 9.92 Å². The van der Waals surface area contributed by atoms with Crippen molar-refractivity contribution in [2.75, 3.05) is 0 Å². The minimum atomic E-state index is -3.80. The zero-order chi connectivity index (χ0) is 13.3. The molecule has 7 heteroatoms. The van der Waals surface area contributed by atoms with Crippen molar-refractivity contribution in [2.24, 2.45) is 0 Å². The average Bonchev–Trinajstić information content (AvgIpc) is 2.28. The van der Waals surface area contributed by atoms with Crippen LogP contribution in [-0.2, 0) is 9.84 Å². The van der Waals surface area contributed by atoms with Crippen molar-refractivity contribution in [3.63, 3.8) is 0 Å². The Morgan fingerprint density at radius 3 is 2.17 bits per heavy atom. The highest BCUT2D eigenvalue weighted by molar-refractivity contribution is 7.91. The van der Waals surface area contributed by atoms with Gasteiger partial charge >= 0.3 is 0 Å². The molecule has 18 heavy (non-hydrogen) atoms. The van der Waals surface area contributed by atoms with Gasteiger partial charge in [0.25, 0.3) is 0 Å². The van der Waals surface area contributed by atoms with E-state index in [9.17, 15) is 8.42 Å². The molecule has 0 spiro atoms. The van der Waals surface area contributed by atoms with E-state index < -0.39 is 9.84 Å². The van der Waals surface area contributed by atoms with Crippen LogP contribution in [-0.4, -0.2) is 13.4 Å². The second kappa shape index (κ2) is 5.05. The van der Waals surface area contributed by atoms with E-state index >= 15 is 0 Å². The van der Waals surface area contributed by atoms with Gasteiger partial charge in [0, 0.05) is 0 Å². The average molecular weight is 323 g/mol. The predicted molar refractivity (Wildman–Crippen MR) is 71.2 cm³/mol. The maximum Gasteiger partial charge on any atom is 0.211 e. The van der Waals surface area contributed by atoms with Gasteiger partial charge in [-0.1, -0.05) is 53.0 Å². The minimum absolute atomic E-state index is 0.0389. The minimum Gasteiger partial charge on any atom is -0.223 e. The van der Waals surface area contributed by atoms with Crippen LogP contribution < -0.4 is 0 Å². The number of hydrogen-bond acceptors (Lipinski definition) is 3. The van der Waals surface area contributed by atoms with E-state index in [-0.39, 0.29) is 25.1 Å². The van der Waals surface area contributed by atoms with Crippen LogP contribution in [0.3, 0.4) is 0 Å². The first-order valence-electron chi connectivity index (χ1n) is 4.74. The fourth-order valence-electron chi connectivity index (χ4n) is 1.40. The monoisotopic (exact) mass is 321 g/mol. The molecule has 0 radical (unpaired) electrons. The summed E-state index contributed by atoms with van der Waals surface area (Å²) >= 11 is 17.3. The van der Waals surface area contributed by atoms with Gasteiger partial charge in [-0.15, -0.1) is 0 Å². The van der Waals surface area contributed by atoms with Gasteiger partial charge in [-0.25, -0.2) is 13.4 Å². The maximum atomic E-state index is 12.3. The lowest BCUT2D eigenvalue weighted by Crippen LogP contribution is -2.04. The fraction of sp³-hybridized carbons (Fsp3) is 0. The number of nitrogens with zero attached hydrogens (tertiary/aromatic N) is 1. The van der Waals surface area contributed by atoms with E-state index in [1.165, 1.54) is 18.2 Å². The second-order valence-corrected chi connectivity index (χ2v) is 6.40. The topological polar surface area (TPSA) is 47.0 Å². The Labute approximate surface area is 119 Å². The van der Waals surface area contributed by atoms with Crippen LogP contribution in [0.2, 0.25) is 15.3 Å². The molecule has 0 saturated heterocycles. The lowest BCUT2D eigenvalue weighted by Gasteiger charge is -2.08. The van der Waals surface area contributed by atoms with Crippen LogP contribution in [0, 0.1) is 0 Å². The Balaban J connectivity index is 2.70. The van der Waals surface area contributed by atoms with E-state index in [0.29, 0.717) is 0 Å². The van der Waals surface area contributed by atoms with Crippen molar-refractivity contribution in [1.29, 1.82) is 0 Å². The molecule has 2 rings (SSSR count). The van der Waals surface area contributed by atoms with E-state index in [1.807, 2.05) is 0 Å². The standard InChI is InChI=1S/C11H6Cl3NO2S/c12-8-6-9(13)15-11(14)10(8)18(16,17)7-4-2-1-3-5-7/h1-6H. The van der Waals surface area contributed by atoms with Gasteiger partial charge in [0.2, 0.25) is 9.84 Å². The Hall–Kier alpha value is -0.810. The summed E-state index contributed by atoms with van der Waals surface area (Å²) < 4.78 is 24.7. The van der Waals surface area contributed by atoms with Crippen molar-refractivity contribution in [2.45, 2.75) is 9.79 Å². The van der Waals surface area contributed by atoms with Crippen LogP contribution in [0.5, 0.6) is 0 Å². The van der Waals surface area contributed by atoms with Crippen molar-refractivity contribution < 1.29 is 8.42 Å². The number of rotatable bonds is 2. The highest BCUT2D eigenvalue weighted by Crippen LogP contribution is 2.33. The summed E-state index contributed by atoms with van der Waals surface area (Å²) in [6, 6.07) is 9.08. The van der Waals surface area contributed by atoms with E-state index in [1.54, 1.807) is 18.2 Å². The number of halogens is 3. The summed E-state index contributed by atoms with van der Waals surface area (Å²) in [4.78, 5) is 3.55. The van der Waals surface area contributed by atoms with Crippen LogP contribution >= 0.6 is 34.8 Å². The van der Waals surface area contributed by atoms with Gasteiger partial charge in [-0.3, -0.25) is 0 Å². The maximum absolute atomic E-state index is 12.3. The zero-order valence-corrected chi connectivity index (χ0v) is 11.9. The lowest BCUT2D eigenvalue weighted by atomic mass is 10.4. The van der Waals surface area contributed by atoms with Crippen molar-refractivity contribution in [3.8, 4) is 0 Å². The quantitative estimate of drug-likeness (QED) is 0.788. The van der Waals surface area contributed by atoms with Gasteiger partial charge in [0.1, 0.15) is 10.0 Å². The number of benzene rings is 1. The third kappa shape index (κ3) is 2.47. The SMILES string of the molecule is O=S(=O)(c1ccccc1)c1c(Cl)cc(Cl)nc1Cl. The van der Waals surface area contributed by atoms with Gasteiger partial charge in [-0.2, -0.15) is 0 Å². The third-order valence-corrected chi connectivity index (χ3v) is 5.01. The van der Waals surface area contributed by atoms with Crippen LogP contribution in [0.25, 0.3) is 0 Å². The van der Waals surface area contributed by atoms with Crippen molar-refractivity contribution >= 4 is 44.6 Å². The number of hydrogen-bond donors (Lipinski definition) is 0. The third-order valence-electron chi connectivity index (χ3n) is 2.18. The van der Waals surface area contributed by atoms with Crippen molar-refractivity contribution in [3.05, 3.63) is 51.7 Å². The van der Waals surface area contributed by atoms with Gasteiger partial charge in [-0.05, 0) is 18.2 Å². The second-order valence-electron chi connectivity index (χ2n) is 3.36. The lowest BCUT2D eigenvalue weighted by molar-refractivity contribution is 0.596. The van der Waals surface area contributed by atoms with Crippen LogP contribution in [0.1, 0.15) is 0 Å². The summed E-state index contributed by atoms with van der Waals surface area (Å²) in [7, 11) is -3.80. The predicted octanol–water partition coefficient (Wildman–Crippen LogP) is 3.87. The Bertz CT molecular complexity index is 664. The smallest absolute Gasteiger partial charge is 0.211 e. The van der Waals surface area contributed by atoms with Crippen LogP contribution in [0.4, 0.5) is 0 Å². The fourth-order valence-corrected chi connectivity index (χ4v) is 4.07. The Morgan fingerprint density at radius 2 is 1.61 bits per heavy atom. The number of aromatic nitrogens is 1. The highest BCUT2D eigenvalue weighted by atomic mass is 35.5. The highest BCUT2D eigenvalue weighted by Gasteiger charge is 2.25. The zero-order valence-electron chi connectivity index (χ0n) is 8.77. The molecular weight excluding hydrogens is 317 g/mol. The summed E-state index contributed by atoms with van der Waals surface area (Å²) in [5, 5.41) is -0.253. The first kappa shape index (κ1) is 13.6. The van der Waals surface area contributed by atoms with E-state index in [0.717, 1.165) is 0 Å². The Morgan fingerprint density at radius 1 is 1.00 bits per heavy atom. The van der Waals surface area contributed by atoms with Crippen LogP contribution in [0.15, 0.2) is 46.2 Å². The molecule has 0 aliphatic heterocycles. The molecule has 0 aliphatic carbocycles. The van der Waals surface area contributed by atoms with Gasteiger partial charge in [0.15, 0.2) is 5.15 Å². The molecule has 94 valence electrons.